The van der Waals surface area contributed by atoms with Crippen LogP contribution in [0.3, 0.4) is 0 Å². The molecule has 0 spiro atoms. The summed E-state index contributed by atoms with van der Waals surface area (Å²) < 4.78 is 13.4. The molecular weight excluding hydrogens is 494 g/mol. The highest BCUT2D eigenvalue weighted by Gasteiger charge is 2.51. The summed E-state index contributed by atoms with van der Waals surface area (Å²) in [6.07, 6.45) is 2.74. The first-order chi connectivity index (χ1) is 17.1. The van der Waals surface area contributed by atoms with E-state index in [0.717, 1.165) is 29.2 Å². The van der Waals surface area contributed by atoms with E-state index in [2.05, 4.69) is 54.8 Å². The zero-order valence-corrected chi connectivity index (χ0v) is 24.6. The van der Waals surface area contributed by atoms with Crippen LogP contribution in [0.15, 0.2) is 11.2 Å². The third-order valence-corrected chi connectivity index (χ3v) is 11.4. The number of aromatic nitrogens is 2. The second kappa shape index (κ2) is 10.6. The van der Waals surface area contributed by atoms with Gasteiger partial charge in [0, 0.05) is 25.7 Å². The third-order valence-electron chi connectivity index (χ3n) is 7.13. The van der Waals surface area contributed by atoms with Gasteiger partial charge in [-0.3, -0.25) is 20.4 Å². The van der Waals surface area contributed by atoms with Crippen LogP contribution in [-0.4, -0.2) is 77.0 Å². The number of hydroxylamine groups is 3. The summed E-state index contributed by atoms with van der Waals surface area (Å²) >= 11 is 0. The molecule has 2 atom stereocenters. The molecule has 0 saturated carbocycles. The maximum absolute atomic E-state index is 12.9. The fourth-order valence-electron chi connectivity index (χ4n) is 4.07. The van der Waals surface area contributed by atoms with Gasteiger partial charge in [-0.2, -0.15) is 10.2 Å². The Hall–Kier alpha value is -2.64. The number of hydrogen-bond donors (Lipinski definition) is 3. The molecule has 3 rings (SSSR count). The molecule has 3 heterocycles. The Morgan fingerprint density at radius 3 is 2.51 bits per heavy atom. The van der Waals surface area contributed by atoms with Crippen molar-refractivity contribution in [3.63, 3.8) is 0 Å². The molecule has 0 unspecified atom stereocenters. The van der Waals surface area contributed by atoms with Gasteiger partial charge in [-0.05, 0) is 51.7 Å². The number of amides is 3. The highest BCUT2D eigenvalue weighted by atomic mass is 28.4. The number of carbonyl (C=O) groups excluding carboxylic acids is 2. The molecule has 2 aliphatic rings. The average molecular weight is 538 g/mol. The quantitative estimate of drug-likeness (QED) is 0.114. The van der Waals surface area contributed by atoms with Crippen LogP contribution in [0.4, 0.5) is 9.59 Å². The van der Waals surface area contributed by atoms with E-state index in [9.17, 15) is 14.8 Å². The molecule has 12 nitrogen and oxygen atoms in total. The van der Waals surface area contributed by atoms with E-state index in [0.29, 0.717) is 25.5 Å². The molecule has 208 valence electrons. The van der Waals surface area contributed by atoms with Crippen LogP contribution >= 0.6 is 0 Å². The van der Waals surface area contributed by atoms with Crippen LogP contribution in [0.5, 0.6) is 0 Å². The molecule has 37 heavy (non-hydrogen) atoms. The van der Waals surface area contributed by atoms with Gasteiger partial charge in [0.2, 0.25) is 8.32 Å². The van der Waals surface area contributed by atoms with Crippen molar-refractivity contribution in [2.45, 2.75) is 96.7 Å². The Balaban J connectivity index is 1.75. The minimum Gasteiger partial charge on any atom is -0.444 e. The summed E-state index contributed by atoms with van der Waals surface area (Å²) in [5.41, 5.74) is 4.13. The largest absolute Gasteiger partial charge is 0.444 e. The fourth-order valence-corrected chi connectivity index (χ4v) is 4.73. The summed E-state index contributed by atoms with van der Waals surface area (Å²) in [5.74, 6) is 0.488. The number of aliphatic imine (C=N–C) groups is 1. The zero-order chi connectivity index (χ0) is 27.8. The minimum atomic E-state index is -2.17. The van der Waals surface area contributed by atoms with E-state index in [-0.39, 0.29) is 5.04 Å². The smallest absolute Gasteiger partial charge is 0.407 e. The highest BCUT2D eigenvalue weighted by Crippen LogP contribution is 2.43. The number of carbonyl (C=O) groups is 2. The first-order valence-electron chi connectivity index (χ1n) is 12.8. The van der Waals surface area contributed by atoms with Crippen molar-refractivity contribution >= 4 is 26.3 Å². The van der Waals surface area contributed by atoms with Gasteiger partial charge in [-0.15, -0.1) is 0 Å². The van der Waals surface area contributed by atoms with E-state index in [1.165, 1.54) is 0 Å². The number of alkyl carbamates (subject to hydrolysis) is 1. The summed E-state index contributed by atoms with van der Waals surface area (Å²) in [5, 5.41) is 18.6. The number of aryl methyl sites for hydroxylation is 1. The monoisotopic (exact) mass is 537 g/mol. The third kappa shape index (κ3) is 6.26. The minimum absolute atomic E-state index is 0.0256. The number of urea groups is 1. The van der Waals surface area contributed by atoms with E-state index >= 15 is 0 Å². The van der Waals surface area contributed by atoms with Crippen molar-refractivity contribution in [3.05, 3.63) is 17.5 Å². The highest BCUT2D eigenvalue weighted by molar-refractivity contribution is 6.74. The van der Waals surface area contributed by atoms with Gasteiger partial charge >= 0.3 is 12.1 Å². The van der Waals surface area contributed by atoms with E-state index in [1.54, 1.807) is 18.1 Å². The molecule has 1 saturated heterocycles. The van der Waals surface area contributed by atoms with Crippen molar-refractivity contribution in [2.75, 3.05) is 20.1 Å². The summed E-state index contributed by atoms with van der Waals surface area (Å²) in [6, 6.07) is -1.54. The van der Waals surface area contributed by atoms with Crippen molar-refractivity contribution in [3.8, 4) is 0 Å². The van der Waals surface area contributed by atoms with Crippen LogP contribution in [0.2, 0.25) is 18.1 Å². The van der Waals surface area contributed by atoms with E-state index in [1.807, 2.05) is 25.5 Å². The van der Waals surface area contributed by atoms with Crippen LogP contribution in [0.1, 0.15) is 77.7 Å². The Morgan fingerprint density at radius 1 is 1.24 bits per heavy atom. The zero-order valence-electron chi connectivity index (χ0n) is 23.6. The van der Waals surface area contributed by atoms with Gasteiger partial charge in [-0.25, -0.2) is 9.59 Å². The number of rotatable bonds is 8. The number of fused-ring (bicyclic) bond motifs is 4. The Kier molecular flexibility index (Phi) is 8.30. The number of unbranched alkanes of at least 4 members (excludes halogenated alkanes) is 1. The van der Waals surface area contributed by atoms with Crippen molar-refractivity contribution in [1.29, 1.82) is 0 Å². The molecule has 2 aliphatic heterocycles. The Bertz CT molecular complexity index is 1030. The standard InChI is InChI=1S/C24H43N7O5Si/c1-23(2,3)35-21(32)26-12-10-11-13-30-18-16(14-27-30)17-15-29(22(33)31(17)34)19(18)20(25-7)28-36-37(8,9)24(4,5)6/h14,17,19,34H,10-13,15H2,1-9H3,(H,25,28)(H,26,32)/t17-,19-/m0/s1. The summed E-state index contributed by atoms with van der Waals surface area (Å²) in [7, 11) is -0.510. The summed E-state index contributed by atoms with van der Waals surface area (Å²) in [6.45, 7) is 17.5. The lowest BCUT2D eigenvalue weighted by molar-refractivity contribution is -0.0586. The average Bonchev–Trinajstić information content (AvgIpc) is 3.29. The van der Waals surface area contributed by atoms with Crippen molar-refractivity contribution in [1.82, 2.24) is 30.5 Å². The number of ether oxygens (including phenoxy) is 1. The Morgan fingerprint density at radius 2 is 1.92 bits per heavy atom. The maximum Gasteiger partial charge on any atom is 0.407 e. The van der Waals surface area contributed by atoms with Gasteiger partial charge in [-0.1, -0.05) is 20.8 Å². The molecule has 2 bridgehead atoms. The summed E-state index contributed by atoms with van der Waals surface area (Å²) in [4.78, 5) is 30.9. The maximum atomic E-state index is 12.9. The molecule has 0 radical (unpaired) electrons. The number of hydrogen-bond acceptors (Lipinski definition) is 7. The fraction of sp³-hybridized carbons (Fsp3) is 0.750. The predicted molar refractivity (Wildman–Crippen MR) is 142 cm³/mol. The van der Waals surface area contributed by atoms with Crippen LogP contribution in [-0.2, 0) is 15.8 Å². The second-order valence-corrected chi connectivity index (χ2v) is 16.8. The lowest BCUT2D eigenvalue weighted by Gasteiger charge is -2.38. The van der Waals surface area contributed by atoms with Gasteiger partial charge in [0.05, 0.1) is 18.4 Å². The van der Waals surface area contributed by atoms with Crippen LogP contribution < -0.4 is 10.8 Å². The molecular formula is C24H43N7O5Si. The molecule has 1 fully saturated rings. The molecule has 0 aliphatic carbocycles. The van der Waals surface area contributed by atoms with Crippen molar-refractivity contribution in [2.24, 2.45) is 4.99 Å². The Labute approximate surface area is 220 Å². The van der Waals surface area contributed by atoms with Crippen molar-refractivity contribution < 1.29 is 24.1 Å². The van der Waals surface area contributed by atoms with Gasteiger partial charge in [0.15, 0.2) is 0 Å². The van der Waals surface area contributed by atoms with Gasteiger partial charge < -0.3 is 19.5 Å². The molecule has 3 amide bonds. The molecule has 13 heteroatoms. The van der Waals surface area contributed by atoms with Crippen LogP contribution in [0, 0.1) is 0 Å². The number of nitrogens with one attached hydrogen (secondary N) is 2. The predicted octanol–water partition coefficient (Wildman–Crippen LogP) is 3.97. The first kappa shape index (κ1) is 28.9. The van der Waals surface area contributed by atoms with Gasteiger partial charge in [0.25, 0.3) is 0 Å². The normalized spacial score (nSPS) is 20.3. The SMILES string of the molecule is CN=C(NO[Si](C)(C)C(C)(C)C)[C@@H]1c2c(cnn2CCCCNC(=O)OC(C)(C)C)[C@@H]2CN1C(=O)N2O. The molecule has 0 aromatic carbocycles. The second-order valence-electron chi connectivity index (χ2n) is 12.1. The molecule has 1 aromatic heterocycles. The van der Waals surface area contributed by atoms with E-state index < -0.39 is 38.1 Å². The number of nitrogens with zero attached hydrogens (tertiary/aromatic N) is 5. The topological polar surface area (TPSA) is 134 Å². The van der Waals surface area contributed by atoms with E-state index in [4.69, 9.17) is 9.26 Å². The first-order valence-corrected chi connectivity index (χ1v) is 15.7. The lowest BCUT2D eigenvalue weighted by atomic mass is 9.97. The van der Waals surface area contributed by atoms with Gasteiger partial charge in [0.1, 0.15) is 23.5 Å². The lowest BCUT2D eigenvalue weighted by Crippen LogP contribution is -2.50. The number of amidine groups is 1. The molecule has 1 aromatic rings. The van der Waals surface area contributed by atoms with Crippen LogP contribution in [0.25, 0.3) is 0 Å². The molecule has 3 N–H and O–H groups in total.